The van der Waals surface area contributed by atoms with E-state index in [4.69, 9.17) is 4.74 Å². The molecular formula is C19H26N6O2. The van der Waals surface area contributed by atoms with Crippen LogP contribution in [0.1, 0.15) is 18.4 Å². The van der Waals surface area contributed by atoms with Gasteiger partial charge in [-0.15, -0.1) is 0 Å². The summed E-state index contributed by atoms with van der Waals surface area (Å²) in [6, 6.07) is 7.23. The molecule has 8 nitrogen and oxygen atoms in total. The van der Waals surface area contributed by atoms with Crippen LogP contribution >= 0.6 is 0 Å². The van der Waals surface area contributed by atoms with Crippen molar-refractivity contribution in [1.29, 1.82) is 0 Å². The molecule has 144 valence electrons. The van der Waals surface area contributed by atoms with E-state index >= 15 is 0 Å². The normalized spacial score (nSPS) is 13.3. The predicted molar refractivity (Wildman–Crippen MR) is 107 cm³/mol. The standard InChI is InChI=1S/C19H26N6O2/c1-14-11-15(27-2)5-6-16(14)24-19(26)21-8-7-20-17-12-18(23-13-22-17)25-9-3-4-10-25/h5-6,11-13H,3-4,7-10H2,1-2H3,(H,20,22,23)(H2,21,24,26). The fourth-order valence-corrected chi connectivity index (χ4v) is 3.00. The minimum atomic E-state index is -0.245. The maximum absolute atomic E-state index is 12.0. The van der Waals surface area contributed by atoms with Crippen molar-refractivity contribution in [2.24, 2.45) is 0 Å². The van der Waals surface area contributed by atoms with Crippen molar-refractivity contribution in [3.05, 3.63) is 36.2 Å². The third-order valence-corrected chi connectivity index (χ3v) is 4.48. The van der Waals surface area contributed by atoms with Gasteiger partial charge in [0.2, 0.25) is 0 Å². The maximum atomic E-state index is 12.0. The van der Waals surface area contributed by atoms with Gasteiger partial charge in [-0.3, -0.25) is 0 Å². The van der Waals surface area contributed by atoms with E-state index in [9.17, 15) is 4.79 Å². The SMILES string of the molecule is COc1ccc(NC(=O)NCCNc2cc(N3CCCC3)ncn2)c(C)c1. The minimum Gasteiger partial charge on any atom is -0.497 e. The molecule has 27 heavy (non-hydrogen) atoms. The monoisotopic (exact) mass is 370 g/mol. The molecule has 1 saturated heterocycles. The van der Waals surface area contributed by atoms with Crippen LogP contribution in [0.15, 0.2) is 30.6 Å². The van der Waals surface area contributed by atoms with Gasteiger partial charge in [-0.25, -0.2) is 14.8 Å². The number of aryl methyl sites for hydroxylation is 1. The second-order valence-corrected chi connectivity index (χ2v) is 6.44. The van der Waals surface area contributed by atoms with E-state index in [1.165, 1.54) is 12.8 Å². The summed E-state index contributed by atoms with van der Waals surface area (Å²) in [4.78, 5) is 22.9. The van der Waals surface area contributed by atoms with Crippen LogP contribution in [0.5, 0.6) is 5.75 Å². The Morgan fingerprint density at radius 2 is 2.00 bits per heavy atom. The van der Waals surface area contributed by atoms with E-state index in [2.05, 4.69) is 30.8 Å². The Kier molecular flexibility index (Phi) is 6.30. The van der Waals surface area contributed by atoms with Gasteiger partial charge in [-0.2, -0.15) is 0 Å². The molecule has 1 fully saturated rings. The van der Waals surface area contributed by atoms with Crippen molar-refractivity contribution in [3.63, 3.8) is 0 Å². The Bertz CT molecular complexity index is 777. The van der Waals surface area contributed by atoms with E-state index < -0.39 is 0 Å². The Hall–Kier alpha value is -3.03. The number of amides is 2. The fraction of sp³-hybridized carbons (Fsp3) is 0.421. The van der Waals surface area contributed by atoms with Crippen LogP contribution in [0.25, 0.3) is 0 Å². The van der Waals surface area contributed by atoms with Crippen LogP contribution in [0.3, 0.4) is 0 Å². The summed E-state index contributed by atoms with van der Waals surface area (Å²) in [5, 5.41) is 8.89. The number of ether oxygens (including phenoxy) is 1. The van der Waals surface area contributed by atoms with Crippen LogP contribution in [-0.2, 0) is 0 Å². The van der Waals surface area contributed by atoms with Crippen LogP contribution in [-0.4, -0.2) is 49.3 Å². The summed E-state index contributed by atoms with van der Waals surface area (Å²) in [6.45, 7) is 5.06. The number of carbonyl (C=O) groups excluding carboxylic acids is 1. The van der Waals surface area contributed by atoms with Gasteiger partial charge in [0, 0.05) is 37.9 Å². The Morgan fingerprint density at radius 1 is 1.19 bits per heavy atom. The molecule has 2 amide bonds. The van der Waals surface area contributed by atoms with Crippen LogP contribution in [0, 0.1) is 6.92 Å². The Labute approximate surface area is 159 Å². The van der Waals surface area contributed by atoms with E-state index in [0.29, 0.717) is 13.1 Å². The number of hydrogen-bond donors (Lipinski definition) is 3. The molecule has 2 heterocycles. The number of anilines is 3. The molecule has 0 saturated carbocycles. The minimum absolute atomic E-state index is 0.245. The number of hydrogen-bond acceptors (Lipinski definition) is 6. The molecule has 3 rings (SSSR count). The molecule has 0 bridgehead atoms. The summed E-state index contributed by atoms with van der Waals surface area (Å²) in [5.74, 6) is 2.48. The van der Waals surface area contributed by atoms with Crippen LogP contribution < -0.4 is 25.6 Å². The summed E-state index contributed by atoms with van der Waals surface area (Å²) in [7, 11) is 1.62. The zero-order chi connectivity index (χ0) is 19.1. The summed E-state index contributed by atoms with van der Waals surface area (Å²) in [5.41, 5.74) is 1.70. The Balaban J connectivity index is 1.42. The van der Waals surface area contributed by atoms with Gasteiger partial charge in [0.1, 0.15) is 23.7 Å². The fourth-order valence-electron chi connectivity index (χ4n) is 3.00. The molecule has 1 aliphatic rings. The highest BCUT2D eigenvalue weighted by molar-refractivity contribution is 5.90. The number of benzene rings is 1. The number of aromatic nitrogens is 2. The van der Waals surface area contributed by atoms with Crippen molar-refractivity contribution in [2.45, 2.75) is 19.8 Å². The van der Waals surface area contributed by atoms with Crippen molar-refractivity contribution in [3.8, 4) is 5.75 Å². The van der Waals surface area contributed by atoms with E-state index in [1.54, 1.807) is 13.4 Å². The molecule has 1 aromatic carbocycles. The van der Waals surface area contributed by atoms with Crippen molar-refractivity contribution in [1.82, 2.24) is 15.3 Å². The molecule has 0 radical (unpaired) electrons. The number of nitrogens with zero attached hydrogens (tertiary/aromatic N) is 3. The van der Waals surface area contributed by atoms with Gasteiger partial charge in [-0.1, -0.05) is 0 Å². The average molecular weight is 370 g/mol. The smallest absolute Gasteiger partial charge is 0.319 e. The predicted octanol–water partition coefficient (Wildman–Crippen LogP) is 2.63. The molecule has 0 aliphatic carbocycles. The first-order valence-electron chi connectivity index (χ1n) is 9.16. The summed E-state index contributed by atoms with van der Waals surface area (Å²) >= 11 is 0. The molecule has 2 aromatic rings. The van der Waals surface area contributed by atoms with Gasteiger partial charge in [0.05, 0.1) is 7.11 Å². The lowest BCUT2D eigenvalue weighted by atomic mass is 10.2. The molecular weight excluding hydrogens is 344 g/mol. The van der Waals surface area contributed by atoms with Crippen molar-refractivity contribution in [2.75, 3.05) is 48.8 Å². The third kappa shape index (κ3) is 5.22. The van der Waals surface area contributed by atoms with Gasteiger partial charge in [-0.05, 0) is 43.5 Å². The molecule has 8 heteroatoms. The number of carbonyl (C=O) groups is 1. The van der Waals surface area contributed by atoms with Crippen LogP contribution in [0.2, 0.25) is 0 Å². The molecule has 3 N–H and O–H groups in total. The first-order chi connectivity index (χ1) is 13.2. The lowest BCUT2D eigenvalue weighted by Gasteiger charge is -2.16. The quantitative estimate of drug-likeness (QED) is 0.649. The van der Waals surface area contributed by atoms with E-state index in [0.717, 1.165) is 41.7 Å². The van der Waals surface area contributed by atoms with Crippen LogP contribution in [0.4, 0.5) is 22.1 Å². The second kappa shape index (κ2) is 9.07. The molecule has 0 atom stereocenters. The number of rotatable bonds is 7. The highest BCUT2D eigenvalue weighted by Crippen LogP contribution is 2.21. The topological polar surface area (TPSA) is 91.4 Å². The summed E-state index contributed by atoms with van der Waals surface area (Å²) < 4.78 is 5.17. The molecule has 1 aliphatic heterocycles. The summed E-state index contributed by atoms with van der Waals surface area (Å²) in [6.07, 6.45) is 3.99. The lowest BCUT2D eigenvalue weighted by molar-refractivity contribution is 0.252. The number of methoxy groups -OCH3 is 1. The van der Waals surface area contributed by atoms with Gasteiger partial charge >= 0.3 is 6.03 Å². The zero-order valence-electron chi connectivity index (χ0n) is 15.8. The molecule has 0 spiro atoms. The van der Waals surface area contributed by atoms with E-state index in [1.807, 2.05) is 31.2 Å². The van der Waals surface area contributed by atoms with Gasteiger partial charge in [0.25, 0.3) is 0 Å². The largest absolute Gasteiger partial charge is 0.497 e. The lowest BCUT2D eigenvalue weighted by Crippen LogP contribution is -2.33. The third-order valence-electron chi connectivity index (χ3n) is 4.48. The zero-order valence-corrected chi connectivity index (χ0v) is 15.8. The first-order valence-corrected chi connectivity index (χ1v) is 9.16. The molecule has 1 aromatic heterocycles. The number of nitrogens with one attached hydrogen (secondary N) is 3. The highest BCUT2D eigenvalue weighted by atomic mass is 16.5. The average Bonchev–Trinajstić information content (AvgIpc) is 3.22. The first kappa shape index (κ1) is 18.8. The Morgan fingerprint density at radius 3 is 2.74 bits per heavy atom. The van der Waals surface area contributed by atoms with Gasteiger partial charge < -0.3 is 25.6 Å². The number of urea groups is 1. The van der Waals surface area contributed by atoms with Crippen molar-refractivity contribution < 1.29 is 9.53 Å². The van der Waals surface area contributed by atoms with Crippen molar-refractivity contribution >= 4 is 23.4 Å². The highest BCUT2D eigenvalue weighted by Gasteiger charge is 2.13. The van der Waals surface area contributed by atoms with E-state index in [-0.39, 0.29) is 6.03 Å². The second-order valence-electron chi connectivity index (χ2n) is 6.44. The van der Waals surface area contributed by atoms with Gasteiger partial charge in [0.15, 0.2) is 0 Å². The molecule has 0 unspecified atom stereocenters. The maximum Gasteiger partial charge on any atom is 0.319 e.